The molecule has 0 aliphatic heterocycles. The first-order chi connectivity index (χ1) is 18.5. The molecule has 0 spiro atoms. The highest BCUT2D eigenvalue weighted by Gasteiger charge is 2.30. The smallest absolute Gasteiger partial charge is 0.326 e. The first kappa shape index (κ1) is 31.6. The number of H-pyrrole nitrogens is 1. The first-order valence-electron chi connectivity index (χ1n) is 12.6. The zero-order chi connectivity index (χ0) is 28.9. The van der Waals surface area contributed by atoms with Gasteiger partial charge < -0.3 is 36.9 Å². The standard InChI is InChI=1S/C26H38N6O6S/c1-15(2)10-21(31-23(34)19(27)12-17-13-28-14-29-17)25(36)30-20(8-9-39-3)24(35)32-22(26(37)38)11-16-4-6-18(33)7-5-16/h4-7,13-15,19-22,33H,8-12,27H2,1-3H3,(H,28,29)(H,30,36)(H,31,34)(H,32,35)(H,37,38). The van der Waals surface area contributed by atoms with E-state index in [-0.39, 0.29) is 30.9 Å². The number of carbonyl (C=O) groups is 4. The lowest BCUT2D eigenvalue weighted by atomic mass is 10.0. The van der Waals surface area contributed by atoms with Crippen LogP contribution in [0.1, 0.15) is 37.9 Å². The molecule has 8 N–H and O–H groups in total. The third-order valence-electron chi connectivity index (χ3n) is 5.91. The van der Waals surface area contributed by atoms with E-state index in [1.807, 2.05) is 20.1 Å². The van der Waals surface area contributed by atoms with Crippen molar-refractivity contribution < 1.29 is 29.4 Å². The largest absolute Gasteiger partial charge is 0.508 e. The van der Waals surface area contributed by atoms with Crippen LogP contribution in [-0.2, 0) is 32.0 Å². The third-order valence-corrected chi connectivity index (χ3v) is 6.55. The molecule has 2 rings (SSSR count). The van der Waals surface area contributed by atoms with Gasteiger partial charge in [-0.25, -0.2) is 9.78 Å². The summed E-state index contributed by atoms with van der Waals surface area (Å²) in [6.07, 6.45) is 5.66. The number of benzene rings is 1. The van der Waals surface area contributed by atoms with Crippen LogP contribution in [0.25, 0.3) is 0 Å². The average molecular weight is 563 g/mol. The topological polar surface area (TPSA) is 200 Å². The van der Waals surface area contributed by atoms with Crippen molar-refractivity contribution >= 4 is 35.5 Å². The fraction of sp³-hybridized carbons (Fsp3) is 0.500. The third kappa shape index (κ3) is 11.0. The lowest BCUT2D eigenvalue weighted by molar-refractivity contribution is -0.142. The Kier molecular flexibility index (Phi) is 12.8. The van der Waals surface area contributed by atoms with Gasteiger partial charge in [-0.1, -0.05) is 26.0 Å². The number of hydrogen-bond acceptors (Lipinski definition) is 8. The van der Waals surface area contributed by atoms with Crippen molar-refractivity contribution in [1.82, 2.24) is 25.9 Å². The number of phenolic OH excluding ortho intramolecular Hbond substituents is 1. The maximum absolute atomic E-state index is 13.3. The molecule has 4 unspecified atom stereocenters. The molecule has 214 valence electrons. The number of nitrogens with zero attached hydrogens (tertiary/aromatic N) is 1. The van der Waals surface area contributed by atoms with Gasteiger partial charge in [0.1, 0.15) is 23.9 Å². The summed E-state index contributed by atoms with van der Waals surface area (Å²) in [5.41, 5.74) is 7.31. The van der Waals surface area contributed by atoms with Gasteiger partial charge in [-0.05, 0) is 48.5 Å². The van der Waals surface area contributed by atoms with Crippen LogP contribution in [-0.4, -0.2) is 80.0 Å². The lowest BCUT2D eigenvalue weighted by Crippen LogP contribution is -2.57. The van der Waals surface area contributed by atoms with Gasteiger partial charge in [0.15, 0.2) is 0 Å². The van der Waals surface area contributed by atoms with E-state index in [0.717, 1.165) is 0 Å². The van der Waals surface area contributed by atoms with Crippen molar-refractivity contribution in [2.24, 2.45) is 11.7 Å². The number of phenols is 1. The van der Waals surface area contributed by atoms with Gasteiger partial charge in [0, 0.05) is 24.7 Å². The first-order valence-corrected chi connectivity index (χ1v) is 14.0. The van der Waals surface area contributed by atoms with Crippen molar-refractivity contribution in [2.75, 3.05) is 12.0 Å². The van der Waals surface area contributed by atoms with Gasteiger partial charge in [0.2, 0.25) is 17.7 Å². The Bertz CT molecular complexity index is 1080. The normalized spacial score (nSPS) is 14.2. The second-order valence-electron chi connectivity index (χ2n) is 9.69. The predicted molar refractivity (Wildman–Crippen MR) is 148 cm³/mol. The zero-order valence-electron chi connectivity index (χ0n) is 22.3. The van der Waals surface area contributed by atoms with Gasteiger partial charge >= 0.3 is 5.97 Å². The van der Waals surface area contributed by atoms with E-state index >= 15 is 0 Å². The number of carboxylic acid groups (broad SMARTS) is 1. The van der Waals surface area contributed by atoms with Crippen molar-refractivity contribution in [2.45, 2.75) is 63.7 Å². The van der Waals surface area contributed by atoms with Crippen LogP contribution in [0.15, 0.2) is 36.8 Å². The van der Waals surface area contributed by atoms with Crippen molar-refractivity contribution in [1.29, 1.82) is 0 Å². The SMILES string of the molecule is CSCCC(NC(=O)C(CC(C)C)NC(=O)C(N)Cc1cnc[nH]1)C(=O)NC(Cc1ccc(O)cc1)C(=O)O. The molecule has 2 aromatic rings. The van der Waals surface area contributed by atoms with Crippen LogP contribution < -0.4 is 21.7 Å². The van der Waals surface area contributed by atoms with E-state index in [4.69, 9.17) is 5.73 Å². The van der Waals surface area contributed by atoms with Crippen molar-refractivity contribution in [3.05, 3.63) is 48.0 Å². The summed E-state index contributed by atoms with van der Waals surface area (Å²) in [6, 6.07) is 1.88. The molecule has 0 saturated carbocycles. The molecule has 12 nitrogen and oxygen atoms in total. The molecular formula is C26H38N6O6S. The Balaban J connectivity index is 2.11. The number of thioether (sulfide) groups is 1. The summed E-state index contributed by atoms with van der Waals surface area (Å²) in [6.45, 7) is 3.80. The van der Waals surface area contributed by atoms with E-state index in [9.17, 15) is 29.4 Å². The van der Waals surface area contributed by atoms with E-state index in [0.29, 0.717) is 23.4 Å². The summed E-state index contributed by atoms with van der Waals surface area (Å²) in [4.78, 5) is 57.8. The molecule has 0 aliphatic carbocycles. The number of nitrogens with two attached hydrogens (primary N) is 1. The molecule has 3 amide bonds. The number of carbonyl (C=O) groups excluding carboxylic acids is 3. The fourth-order valence-corrected chi connectivity index (χ4v) is 4.30. The van der Waals surface area contributed by atoms with Gasteiger partial charge in [-0.15, -0.1) is 0 Å². The van der Waals surface area contributed by atoms with Crippen LogP contribution >= 0.6 is 11.8 Å². The number of aliphatic carboxylic acids is 1. The number of hydrogen-bond donors (Lipinski definition) is 7. The Hall–Kier alpha value is -3.58. The summed E-state index contributed by atoms with van der Waals surface area (Å²) in [5.74, 6) is -2.33. The Labute approximate surface area is 231 Å². The summed E-state index contributed by atoms with van der Waals surface area (Å²) in [5, 5.41) is 27.1. The molecule has 0 radical (unpaired) electrons. The zero-order valence-corrected chi connectivity index (χ0v) is 23.2. The summed E-state index contributed by atoms with van der Waals surface area (Å²) >= 11 is 1.47. The molecule has 1 heterocycles. The van der Waals surface area contributed by atoms with E-state index in [1.165, 1.54) is 30.2 Å². The summed E-state index contributed by atoms with van der Waals surface area (Å²) in [7, 11) is 0. The second kappa shape index (κ2) is 15.7. The molecule has 0 aliphatic rings. The lowest BCUT2D eigenvalue weighted by Gasteiger charge is -2.26. The van der Waals surface area contributed by atoms with Gasteiger partial charge in [-0.2, -0.15) is 11.8 Å². The molecule has 39 heavy (non-hydrogen) atoms. The predicted octanol–water partition coefficient (Wildman–Crippen LogP) is 0.566. The fourth-order valence-electron chi connectivity index (χ4n) is 3.82. The Morgan fingerprint density at radius 2 is 1.59 bits per heavy atom. The Morgan fingerprint density at radius 3 is 2.15 bits per heavy atom. The number of imidazole rings is 1. The molecule has 1 aromatic heterocycles. The molecule has 4 atom stereocenters. The van der Waals surface area contributed by atoms with Crippen LogP contribution in [0.5, 0.6) is 5.75 Å². The van der Waals surface area contributed by atoms with Crippen LogP contribution in [0, 0.1) is 5.92 Å². The number of nitrogens with one attached hydrogen (secondary N) is 4. The minimum atomic E-state index is -1.25. The Morgan fingerprint density at radius 1 is 0.974 bits per heavy atom. The molecule has 0 fully saturated rings. The highest BCUT2D eigenvalue weighted by atomic mass is 32.2. The quantitative estimate of drug-likeness (QED) is 0.153. The number of aromatic hydroxyl groups is 1. The number of amides is 3. The van der Waals surface area contributed by atoms with Crippen LogP contribution in [0.2, 0.25) is 0 Å². The van der Waals surface area contributed by atoms with Crippen molar-refractivity contribution in [3.63, 3.8) is 0 Å². The van der Waals surface area contributed by atoms with E-state index in [1.54, 1.807) is 18.3 Å². The number of rotatable bonds is 16. The van der Waals surface area contributed by atoms with Crippen molar-refractivity contribution in [3.8, 4) is 5.75 Å². The van der Waals surface area contributed by atoms with Gasteiger partial charge in [-0.3, -0.25) is 14.4 Å². The van der Waals surface area contributed by atoms with Crippen LogP contribution in [0.4, 0.5) is 0 Å². The maximum atomic E-state index is 13.3. The highest BCUT2D eigenvalue weighted by molar-refractivity contribution is 7.98. The monoisotopic (exact) mass is 562 g/mol. The number of carboxylic acids is 1. The van der Waals surface area contributed by atoms with E-state index < -0.39 is 47.9 Å². The maximum Gasteiger partial charge on any atom is 0.326 e. The molecule has 0 bridgehead atoms. The number of aromatic nitrogens is 2. The molecular weight excluding hydrogens is 524 g/mol. The molecule has 13 heteroatoms. The minimum absolute atomic E-state index is 0.00913. The second-order valence-corrected chi connectivity index (χ2v) is 10.7. The molecule has 0 saturated heterocycles. The van der Waals surface area contributed by atoms with Gasteiger partial charge in [0.25, 0.3) is 0 Å². The number of aromatic amines is 1. The summed E-state index contributed by atoms with van der Waals surface area (Å²) < 4.78 is 0. The van der Waals surface area contributed by atoms with E-state index in [2.05, 4.69) is 25.9 Å². The minimum Gasteiger partial charge on any atom is -0.508 e. The molecule has 1 aromatic carbocycles. The van der Waals surface area contributed by atoms with Gasteiger partial charge in [0.05, 0.1) is 12.4 Å². The van der Waals surface area contributed by atoms with Crippen LogP contribution in [0.3, 0.4) is 0 Å². The highest BCUT2D eigenvalue weighted by Crippen LogP contribution is 2.12. The average Bonchev–Trinajstić information content (AvgIpc) is 3.39.